The number of esters is 1. The molecule has 1 aromatic rings. The molecule has 138 valence electrons. The molecule has 0 bridgehead atoms. The molecule has 1 aromatic carbocycles. The molecule has 2 unspecified atom stereocenters. The number of rotatable bonds is 8. The van der Waals surface area contributed by atoms with E-state index in [1.807, 2.05) is 6.92 Å². The van der Waals surface area contributed by atoms with E-state index in [0.717, 1.165) is 0 Å². The molecule has 0 aromatic heterocycles. The second kappa shape index (κ2) is 10.3. The van der Waals surface area contributed by atoms with E-state index in [2.05, 4.69) is 10.5 Å². The average molecular weight is 389 g/mol. The van der Waals surface area contributed by atoms with Gasteiger partial charge in [0, 0.05) is 10.7 Å². The van der Waals surface area contributed by atoms with Crippen molar-refractivity contribution in [2.75, 3.05) is 6.61 Å². The first-order chi connectivity index (χ1) is 11.8. The lowest BCUT2D eigenvalue weighted by Gasteiger charge is -2.16. The molecule has 0 fully saturated rings. The molecule has 0 saturated carbocycles. The van der Waals surface area contributed by atoms with Crippen LogP contribution in [0.5, 0.6) is 5.75 Å². The van der Waals surface area contributed by atoms with Crippen molar-refractivity contribution in [2.24, 2.45) is 11.0 Å². The number of amides is 1. The predicted octanol–water partition coefficient (Wildman–Crippen LogP) is 3.84. The van der Waals surface area contributed by atoms with Crippen LogP contribution in [0.1, 0.15) is 34.1 Å². The number of carbonyl (C=O) groups excluding carboxylic acids is 2. The van der Waals surface area contributed by atoms with E-state index in [0.29, 0.717) is 34.5 Å². The molecule has 2 atom stereocenters. The van der Waals surface area contributed by atoms with Crippen LogP contribution >= 0.6 is 23.2 Å². The van der Waals surface area contributed by atoms with Crippen LogP contribution in [0.25, 0.3) is 0 Å². The fourth-order valence-corrected chi connectivity index (χ4v) is 2.46. The molecular weight excluding hydrogens is 367 g/mol. The van der Waals surface area contributed by atoms with Crippen LogP contribution in [0.2, 0.25) is 10.0 Å². The van der Waals surface area contributed by atoms with Crippen molar-refractivity contribution in [2.45, 2.75) is 40.2 Å². The number of nitrogens with zero attached hydrogens (tertiary/aromatic N) is 1. The van der Waals surface area contributed by atoms with Crippen LogP contribution < -0.4 is 10.2 Å². The van der Waals surface area contributed by atoms with Crippen LogP contribution in [0.15, 0.2) is 23.3 Å². The molecule has 1 rings (SSSR count). The highest BCUT2D eigenvalue weighted by Gasteiger charge is 2.22. The highest BCUT2D eigenvalue weighted by atomic mass is 35.5. The second-order valence-electron chi connectivity index (χ2n) is 5.28. The summed E-state index contributed by atoms with van der Waals surface area (Å²) in [4.78, 5) is 23.9. The third-order valence-electron chi connectivity index (χ3n) is 3.39. The lowest BCUT2D eigenvalue weighted by atomic mass is 10.0. The minimum absolute atomic E-state index is 0.293. The summed E-state index contributed by atoms with van der Waals surface area (Å²) < 4.78 is 10.5. The average Bonchev–Trinajstić information content (AvgIpc) is 2.56. The minimum Gasteiger partial charge on any atom is -0.479 e. The Hall–Kier alpha value is -1.79. The Balaban J connectivity index is 2.68. The Bertz CT molecular complexity index is 650. The van der Waals surface area contributed by atoms with Crippen LogP contribution in [0.3, 0.4) is 0 Å². The molecular formula is C17H22Cl2N2O4. The lowest BCUT2D eigenvalue weighted by molar-refractivity contribution is -0.145. The quantitative estimate of drug-likeness (QED) is 0.416. The molecule has 8 heteroatoms. The highest BCUT2D eigenvalue weighted by Crippen LogP contribution is 2.28. The molecule has 0 radical (unpaired) electrons. The Morgan fingerprint density at radius 3 is 2.52 bits per heavy atom. The first kappa shape index (κ1) is 21.3. The molecule has 0 saturated heterocycles. The molecule has 25 heavy (non-hydrogen) atoms. The van der Waals surface area contributed by atoms with E-state index in [-0.39, 0.29) is 5.97 Å². The SMILES string of the molecule is CCOC(=O)C(CC)C(C)=NNC(=O)C(C)Oc1ccc(Cl)cc1Cl. The predicted molar refractivity (Wildman–Crippen MR) is 98.2 cm³/mol. The van der Waals surface area contributed by atoms with Gasteiger partial charge in [-0.3, -0.25) is 9.59 Å². The number of nitrogens with one attached hydrogen (secondary N) is 1. The fourth-order valence-electron chi connectivity index (χ4n) is 2.00. The molecule has 0 heterocycles. The number of ether oxygens (including phenoxy) is 2. The first-order valence-electron chi connectivity index (χ1n) is 7.92. The summed E-state index contributed by atoms with van der Waals surface area (Å²) in [6, 6.07) is 4.72. The first-order valence-corrected chi connectivity index (χ1v) is 8.68. The summed E-state index contributed by atoms with van der Waals surface area (Å²) in [7, 11) is 0. The van der Waals surface area contributed by atoms with Crippen molar-refractivity contribution in [3.05, 3.63) is 28.2 Å². The summed E-state index contributed by atoms with van der Waals surface area (Å²) in [5.74, 6) is -0.989. The number of hydrogen-bond donors (Lipinski definition) is 1. The van der Waals surface area contributed by atoms with Gasteiger partial charge in [-0.1, -0.05) is 30.1 Å². The second-order valence-corrected chi connectivity index (χ2v) is 6.12. The lowest BCUT2D eigenvalue weighted by Crippen LogP contribution is -2.35. The van der Waals surface area contributed by atoms with E-state index < -0.39 is 17.9 Å². The zero-order chi connectivity index (χ0) is 19.0. The van der Waals surface area contributed by atoms with Crippen molar-refractivity contribution < 1.29 is 19.1 Å². The van der Waals surface area contributed by atoms with Crippen molar-refractivity contribution in [1.82, 2.24) is 5.43 Å². The number of carbonyl (C=O) groups is 2. The van der Waals surface area contributed by atoms with Gasteiger partial charge in [0.25, 0.3) is 5.91 Å². The Labute approximate surface area is 157 Å². The van der Waals surface area contributed by atoms with Gasteiger partial charge in [-0.25, -0.2) is 5.43 Å². The number of benzene rings is 1. The van der Waals surface area contributed by atoms with Crippen molar-refractivity contribution in [3.63, 3.8) is 0 Å². The Kier molecular flexibility index (Phi) is 8.72. The van der Waals surface area contributed by atoms with E-state index >= 15 is 0 Å². The summed E-state index contributed by atoms with van der Waals surface area (Å²) in [5, 5.41) is 4.76. The maximum Gasteiger partial charge on any atom is 0.314 e. The summed E-state index contributed by atoms with van der Waals surface area (Å²) >= 11 is 11.8. The summed E-state index contributed by atoms with van der Waals surface area (Å²) in [6.45, 7) is 7.10. The van der Waals surface area contributed by atoms with Crippen LogP contribution in [-0.4, -0.2) is 30.3 Å². The van der Waals surface area contributed by atoms with Gasteiger partial charge in [-0.2, -0.15) is 5.10 Å². The number of halogens is 2. The topological polar surface area (TPSA) is 77.0 Å². The van der Waals surface area contributed by atoms with Crippen molar-refractivity contribution in [1.29, 1.82) is 0 Å². The maximum atomic E-state index is 12.1. The Morgan fingerprint density at radius 1 is 1.28 bits per heavy atom. The van der Waals surface area contributed by atoms with Crippen molar-refractivity contribution in [3.8, 4) is 5.75 Å². The van der Waals surface area contributed by atoms with Gasteiger partial charge < -0.3 is 9.47 Å². The number of hydrogen-bond acceptors (Lipinski definition) is 5. The molecule has 1 amide bonds. The molecule has 0 aliphatic heterocycles. The third-order valence-corrected chi connectivity index (χ3v) is 3.92. The normalized spacial score (nSPS) is 13.8. The van der Waals surface area contributed by atoms with Gasteiger partial charge >= 0.3 is 5.97 Å². The largest absolute Gasteiger partial charge is 0.479 e. The van der Waals surface area contributed by atoms with Crippen LogP contribution in [-0.2, 0) is 14.3 Å². The minimum atomic E-state index is -0.835. The Morgan fingerprint density at radius 2 is 1.96 bits per heavy atom. The van der Waals surface area contributed by atoms with E-state index in [9.17, 15) is 9.59 Å². The smallest absolute Gasteiger partial charge is 0.314 e. The van der Waals surface area contributed by atoms with Crippen LogP contribution in [0.4, 0.5) is 0 Å². The van der Waals surface area contributed by atoms with Gasteiger partial charge in [0.05, 0.1) is 17.5 Å². The van der Waals surface area contributed by atoms with Gasteiger partial charge in [-0.05, 0) is 45.4 Å². The molecule has 0 aliphatic rings. The van der Waals surface area contributed by atoms with Gasteiger partial charge in [0.15, 0.2) is 6.10 Å². The monoisotopic (exact) mass is 388 g/mol. The molecule has 0 spiro atoms. The van der Waals surface area contributed by atoms with Gasteiger partial charge in [0.2, 0.25) is 0 Å². The molecule has 1 N–H and O–H groups in total. The maximum absolute atomic E-state index is 12.1. The van der Waals surface area contributed by atoms with Gasteiger partial charge in [-0.15, -0.1) is 0 Å². The third kappa shape index (κ3) is 6.55. The standard InChI is InChI=1S/C17H22Cl2N2O4/c1-5-13(17(23)24-6-2)10(3)20-21-16(22)11(4)25-15-8-7-12(18)9-14(15)19/h7-9,11,13H,5-6H2,1-4H3,(H,21,22). The van der Waals surface area contributed by atoms with E-state index in [1.54, 1.807) is 32.9 Å². The fraction of sp³-hybridized carbons (Fsp3) is 0.471. The molecule has 6 nitrogen and oxygen atoms in total. The zero-order valence-electron chi connectivity index (χ0n) is 14.6. The molecule has 0 aliphatic carbocycles. The van der Waals surface area contributed by atoms with Crippen molar-refractivity contribution >= 4 is 40.8 Å². The zero-order valence-corrected chi connectivity index (χ0v) is 16.1. The number of hydrazone groups is 1. The highest BCUT2D eigenvalue weighted by molar-refractivity contribution is 6.35. The van der Waals surface area contributed by atoms with E-state index in [1.165, 1.54) is 6.07 Å². The summed E-state index contributed by atoms with van der Waals surface area (Å²) in [6.07, 6.45) is -0.311. The van der Waals surface area contributed by atoms with E-state index in [4.69, 9.17) is 32.7 Å². The summed E-state index contributed by atoms with van der Waals surface area (Å²) in [5.41, 5.74) is 2.86. The van der Waals surface area contributed by atoms with Gasteiger partial charge in [0.1, 0.15) is 5.75 Å². The van der Waals surface area contributed by atoms with Crippen LogP contribution in [0, 0.1) is 5.92 Å².